The lowest BCUT2D eigenvalue weighted by Gasteiger charge is -2.35. The molecule has 2 aliphatic rings. The minimum Gasteiger partial charge on any atom is -0.341 e. The van der Waals surface area contributed by atoms with E-state index >= 15 is 0 Å². The second-order valence-corrected chi connectivity index (χ2v) is 7.94. The molecule has 0 bridgehead atoms. The van der Waals surface area contributed by atoms with Crippen LogP contribution in [-0.2, 0) is 9.59 Å². The highest BCUT2D eigenvalue weighted by Gasteiger charge is 2.38. The van der Waals surface area contributed by atoms with Crippen LogP contribution in [0.5, 0.6) is 0 Å². The number of carbonyl (C=O) groups is 2. The number of aromatic nitrogens is 3. The van der Waals surface area contributed by atoms with Crippen LogP contribution in [-0.4, -0.2) is 62.2 Å². The van der Waals surface area contributed by atoms with Gasteiger partial charge >= 0.3 is 0 Å². The van der Waals surface area contributed by atoms with E-state index in [2.05, 4.69) is 15.0 Å². The van der Waals surface area contributed by atoms with E-state index in [1.165, 1.54) is 0 Å². The van der Waals surface area contributed by atoms with Gasteiger partial charge in [-0.05, 0) is 37.8 Å². The van der Waals surface area contributed by atoms with E-state index in [0.29, 0.717) is 25.6 Å². The fourth-order valence-electron chi connectivity index (χ4n) is 4.26. The van der Waals surface area contributed by atoms with Crippen molar-refractivity contribution >= 4 is 23.0 Å². The maximum atomic E-state index is 13.0. The number of H-pyrrole nitrogens is 1. The van der Waals surface area contributed by atoms with Crippen molar-refractivity contribution in [3.8, 4) is 0 Å². The third-order valence-corrected chi connectivity index (χ3v) is 5.78. The molecule has 1 unspecified atom stereocenters. The van der Waals surface area contributed by atoms with E-state index in [-0.39, 0.29) is 23.8 Å². The zero-order valence-electron chi connectivity index (χ0n) is 16.0. The second-order valence-electron chi connectivity index (χ2n) is 7.94. The fourth-order valence-corrected chi connectivity index (χ4v) is 4.26. The number of nitrogens with one attached hydrogen (secondary N) is 1. The summed E-state index contributed by atoms with van der Waals surface area (Å²) >= 11 is 0. The van der Waals surface area contributed by atoms with Crippen molar-refractivity contribution in [3.05, 3.63) is 24.2 Å². The topological polar surface area (TPSA) is 82.2 Å². The standard InChI is InChI=1S/C20H27N5O2/c1-13(2)19(26)25-10-4-6-16(25)20(27)24-11-7-14(8-12-24)17-22-15-5-3-9-21-18(15)23-17/h3,5,9,13-14,16H,4,6-8,10-12H2,1-2H3,(H,21,22,23). The molecule has 1 atom stereocenters. The zero-order valence-corrected chi connectivity index (χ0v) is 16.0. The molecule has 2 aromatic rings. The minimum atomic E-state index is -0.271. The van der Waals surface area contributed by atoms with Crippen LogP contribution in [0.15, 0.2) is 18.3 Å². The Labute approximate surface area is 159 Å². The van der Waals surface area contributed by atoms with E-state index < -0.39 is 0 Å². The first-order valence-corrected chi connectivity index (χ1v) is 9.94. The Morgan fingerprint density at radius 1 is 1.19 bits per heavy atom. The highest BCUT2D eigenvalue weighted by atomic mass is 16.2. The molecule has 4 rings (SSSR count). The molecule has 2 fully saturated rings. The van der Waals surface area contributed by atoms with Crippen LogP contribution in [0.3, 0.4) is 0 Å². The molecule has 1 N–H and O–H groups in total. The Hall–Kier alpha value is -2.44. The molecule has 0 aliphatic carbocycles. The molecule has 0 radical (unpaired) electrons. The Morgan fingerprint density at radius 3 is 2.67 bits per heavy atom. The van der Waals surface area contributed by atoms with Gasteiger partial charge in [-0.2, -0.15) is 0 Å². The summed E-state index contributed by atoms with van der Waals surface area (Å²) in [7, 11) is 0. The van der Waals surface area contributed by atoms with Crippen LogP contribution in [0.2, 0.25) is 0 Å². The summed E-state index contributed by atoms with van der Waals surface area (Å²) in [5, 5.41) is 0. The molecule has 0 aromatic carbocycles. The van der Waals surface area contributed by atoms with E-state index in [0.717, 1.165) is 42.7 Å². The first kappa shape index (κ1) is 17.9. The number of hydrogen-bond donors (Lipinski definition) is 1. The van der Waals surface area contributed by atoms with Gasteiger partial charge in [0.25, 0.3) is 0 Å². The lowest BCUT2D eigenvalue weighted by Crippen LogP contribution is -2.50. The van der Waals surface area contributed by atoms with Crippen LogP contribution in [0.1, 0.15) is 51.3 Å². The molecule has 2 amide bonds. The highest BCUT2D eigenvalue weighted by molar-refractivity contribution is 5.89. The fraction of sp³-hybridized carbons (Fsp3) is 0.600. The minimum absolute atomic E-state index is 0.0640. The predicted octanol–water partition coefficient (Wildman–Crippen LogP) is 2.31. The van der Waals surface area contributed by atoms with Crippen LogP contribution >= 0.6 is 0 Å². The molecule has 27 heavy (non-hydrogen) atoms. The lowest BCUT2D eigenvalue weighted by atomic mass is 9.95. The predicted molar refractivity (Wildman–Crippen MR) is 102 cm³/mol. The first-order valence-electron chi connectivity index (χ1n) is 9.94. The number of likely N-dealkylation sites (tertiary alicyclic amines) is 2. The van der Waals surface area contributed by atoms with Crippen molar-refractivity contribution in [2.75, 3.05) is 19.6 Å². The smallest absolute Gasteiger partial charge is 0.245 e. The summed E-state index contributed by atoms with van der Waals surface area (Å²) in [6, 6.07) is 3.61. The second kappa shape index (κ2) is 7.29. The number of rotatable bonds is 3. The SMILES string of the molecule is CC(C)C(=O)N1CCCC1C(=O)N1CCC(c2nc3ncccc3[nH]2)CC1. The lowest BCUT2D eigenvalue weighted by molar-refractivity contribution is -0.146. The molecule has 7 heteroatoms. The van der Waals surface area contributed by atoms with Crippen LogP contribution in [0.4, 0.5) is 0 Å². The third-order valence-electron chi connectivity index (χ3n) is 5.78. The monoisotopic (exact) mass is 369 g/mol. The number of hydrogen-bond acceptors (Lipinski definition) is 4. The molecule has 2 aliphatic heterocycles. The molecule has 4 heterocycles. The van der Waals surface area contributed by atoms with Gasteiger partial charge in [-0.1, -0.05) is 13.8 Å². The maximum Gasteiger partial charge on any atom is 0.245 e. The number of fused-ring (bicyclic) bond motifs is 1. The molecule has 0 saturated carbocycles. The summed E-state index contributed by atoms with van der Waals surface area (Å²) in [6.45, 7) is 5.93. The molecule has 7 nitrogen and oxygen atoms in total. The van der Waals surface area contributed by atoms with Crippen molar-refractivity contribution in [3.63, 3.8) is 0 Å². The number of piperidine rings is 1. The van der Waals surface area contributed by atoms with Crippen molar-refractivity contribution in [2.24, 2.45) is 5.92 Å². The van der Waals surface area contributed by atoms with Gasteiger partial charge in [0, 0.05) is 37.7 Å². The molecular weight excluding hydrogens is 342 g/mol. The van der Waals surface area contributed by atoms with E-state index in [1.807, 2.05) is 30.9 Å². The highest BCUT2D eigenvalue weighted by Crippen LogP contribution is 2.29. The number of amides is 2. The molecule has 0 spiro atoms. The van der Waals surface area contributed by atoms with Gasteiger partial charge in [-0.15, -0.1) is 0 Å². The van der Waals surface area contributed by atoms with Gasteiger partial charge in [0.05, 0.1) is 5.52 Å². The van der Waals surface area contributed by atoms with Crippen LogP contribution in [0.25, 0.3) is 11.2 Å². The Morgan fingerprint density at radius 2 is 1.96 bits per heavy atom. The van der Waals surface area contributed by atoms with Crippen LogP contribution in [0, 0.1) is 5.92 Å². The summed E-state index contributed by atoms with van der Waals surface area (Å²) in [6.07, 6.45) is 5.22. The van der Waals surface area contributed by atoms with Crippen LogP contribution < -0.4 is 0 Å². The Balaban J connectivity index is 1.40. The maximum absolute atomic E-state index is 13.0. The molecule has 2 saturated heterocycles. The number of imidazole rings is 1. The summed E-state index contributed by atoms with van der Waals surface area (Å²) in [4.78, 5) is 41.4. The number of carbonyl (C=O) groups excluding carboxylic acids is 2. The largest absolute Gasteiger partial charge is 0.341 e. The average molecular weight is 369 g/mol. The van der Waals surface area contributed by atoms with E-state index in [4.69, 9.17) is 0 Å². The van der Waals surface area contributed by atoms with Gasteiger partial charge in [0.2, 0.25) is 11.8 Å². The normalized spacial score (nSPS) is 21.4. The quantitative estimate of drug-likeness (QED) is 0.900. The summed E-state index contributed by atoms with van der Waals surface area (Å²) in [5.41, 5.74) is 1.71. The van der Waals surface area contributed by atoms with Gasteiger partial charge in [0.15, 0.2) is 5.65 Å². The van der Waals surface area contributed by atoms with E-state index in [1.54, 1.807) is 11.1 Å². The Bertz CT molecular complexity index is 805. The van der Waals surface area contributed by atoms with E-state index in [9.17, 15) is 9.59 Å². The molecule has 144 valence electrons. The first-order chi connectivity index (χ1) is 13.0. The molecule has 2 aromatic heterocycles. The van der Waals surface area contributed by atoms with Crippen molar-refractivity contribution in [1.82, 2.24) is 24.8 Å². The summed E-state index contributed by atoms with van der Waals surface area (Å²) in [5.74, 6) is 1.43. The van der Waals surface area contributed by atoms with Crippen molar-refractivity contribution < 1.29 is 9.59 Å². The van der Waals surface area contributed by atoms with Crippen molar-refractivity contribution in [1.29, 1.82) is 0 Å². The van der Waals surface area contributed by atoms with Crippen molar-refractivity contribution in [2.45, 2.75) is 51.5 Å². The zero-order chi connectivity index (χ0) is 19.0. The summed E-state index contributed by atoms with van der Waals surface area (Å²) < 4.78 is 0. The van der Waals surface area contributed by atoms with Gasteiger partial charge in [-0.25, -0.2) is 9.97 Å². The average Bonchev–Trinajstić information content (AvgIpc) is 3.33. The third kappa shape index (κ3) is 3.42. The van der Waals surface area contributed by atoms with Gasteiger partial charge in [0.1, 0.15) is 11.9 Å². The van der Waals surface area contributed by atoms with Gasteiger partial charge < -0.3 is 14.8 Å². The number of aromatic amines is 1. The van der Waals surface area contributed by atoms with Gasteiger partial charge in [-0.3, -0.25) is 9.59 Å². The number of nitrogens with zero attached hydrogens (tertiary/aromatic N) is 4. The molecular formula is C20H27N5O2. The Kier molecular flexibility index (Phi) is 4.85. The number of pyridine rings is 1.